The van der Waals surface area contributed by atoms with E-state index in [9.17, 15) is 4.79 Å². The Bertz CT molecular complexity index is 431. The number of amides is 1. The average molecular weight is 478 g/mol. The molecule has 0 fully saturated rings. The Labute approximate surface area is 215 Å². The summed E-state index contributed by atoms with van der Waals surface area (Å²) in [4.78, 5) is 11.8. The molecule has 0 heterocycles. The summed E-state index contributed by atoms with van der Waals surface area (Å²) >= 11 is 0. The zero-order valence-electron chi connectivity index (χ0n) is 23.6. The number of rotatable bonds is 28. The highest BCUT2D eigenvalue weighted by Crippen LogP contribution is 2.19. The molecule has 0 spiro atoms. The summed E-state index contributed by atoms with van der Waals surface area (Å²) < 4.78 is 0. The van der Waals surface area contributed by atoms with Crippen molar-refractivity contribution in [1.29, 1.82) is 0 Å². The first-order valence-corrected chi connectivity index (χ1v) is 15.7. The van der Waals surface area contributed by atoms with Crippen LogP contribution in [0.5, 0.6) is 0 Å². The Morgan fingerprint density at radius 1 is 0.500 bits per heavy atom. The van der Waals surface area contributed by atoms with Gasteiger partial charge in [0.15, 0.2) is 0 Å². The molecule has 0 aromatic heterocycles. The van der Waals surface area contributed by atoms with Crippen molar-refractivity contribution in [3.63, 3.8) is 0 Å². The Kier molecular flexibility index (Phi) is 27.8. The van der Waals surface area contributed by atoms with Crippen LogP contribution in [0.2, 0.25) is 0 Å². The first kappa shape index (κ1) is 33.2. The van der Waals surface area contributed by atoms with Crippen LogP contribution in [0.25, 0.3) is 0 Å². The van der Waals surface area contributed by atoms with Crippen LogP contribution in [0, 0.1) is 5.92 Å². The largest absolute Gasteiger partial charge is 0.369 e. The fraction of sp³-hybridized carbons (Fsp3) is 0.906. The molecular weight excluding hydrogens is 414 g/mol. The maximum Gasteiger partial charge on any atom is 0.220 e. The molecule has 1 amide bonds. The van der Waals surface area contributed by atoms with Gasteiger partial charge in [-0.05, 0) is 38.5 Å². The predicted octanol–water partition coefficient (Wildman–Crippen LogP) is 10.8. The van der Waals surface area contributed by atoms with Gasteiger partial charge in [0.25, 0.3) is 0 Å². The van der Waals surface area contributed by atoms with Crippen LogP contribution in [-0.2, 0) is 4.79 Å². The standard InChI is InChI=1S/C32H63NO/c1-3-5-7-9-11-13-15-17-18-20-22-24-26-28-30-31(32(33)34)29-27-25-23-21-19-16-14-12-10-8-6-4-2/h17-18,31H,3-16,19-30H2,1-2H3,(H2,33,34)/b18-17-. The van der Waals surface area contributed by atoms with Crippen molar-refractivity contribution in [3.05, 3.63) is 12.2 Å². The van der Waals surface area contributed by atoms with Gasteiger partial charge in [-0.25, -0.2) is 0 Å². The van der Waals surface area contributed by atoms with Crippen LogP contribution in [0.1, 0.15) is 181 Å². The highest BCUT2D eigenvalue weighted by Gasteiger charge is 2.14. The molecule has 0 rings (SSSR count). The summed E-state index contributed by atoms with van der Waals surface area (Å²) in [6.45, 7) is 4.56. The number of hydrogen-bond donors (Lipinski definition) is 1. The van der Waals surface area contributed by atoms with Crippen molar-refractivity contribution in [2.45, 2.75) is 181 Å². The molecule has 0 bridgehead atoms. The van der Waals surface area contributed by atoms with Crippen LogP contribution in [0.15, 0.2) is 12.2 Å². The number of unbranched alkanes of at least 4 members (excludes halogenated alkanes) is 21. The Hall–Kier alpha value is -0.790. The highest BCUT2D eigenvalue weighted by atomic mass is 16.1. The average Bonchev–Trinajstić information content (AvgIpc) is 2.83. The Morgan fingerprint density at radius 3 is 1.12 bits per heavy atom. The minimum absolute atomic E-state index is 0.0688. The second kappa shape index (κ2) is 28.4. The van der Waals surface area contributed by atoms with E-state index in [1.165, 1.54) is 148 Å². The zero-order valence-corrected chi connectivity index (χ0v) is 23.6. The molecule has 0 saturated carbocycles. The monoisotopic (exact) mass is 477 g/mol. The molecule has 34 heavy (non-hydrogen) atoms. The molecule has 0 radical (unpaired) electrons. The summed E-state index contributed by atoms with van der Waals surface area (Å²) in [5.41, 5.74) is 5.68. The maximum atomic E-state index is 11.8. The molecule has 2 heteroatoms. The van der Waals surface area contributed by atoms with Crippen LogP contribution in [0.4, 0.5) is 0 Å². The Morgan fingerprint density at radius 2 is 0.794 bits per heavy atom. The lowest BCUT2D eigenvalue weighted by atomic mass is 9.93. The van der Waals surface area contributed by atoms with Gasteiger partial charge >= 0.3 is 0 Å². The quantitative estimate of drug-likeness (QED) is 0.0883. The third-order valence-corrected chi connectivity index (χ3v) is 7.37. The van der Waals surface area contributed by atoms with E-state index in [0.717, 1.165) is 19.3 Å². The van der Waals surface area contributed by atoms with Gasteiger partial charge < -0.3 is 5.73 Å². The highest BCUT2D eigenvalue weighted by molar-refractivity contribution is 5.76. The molecule has 0 saturated heterocycles. The number of carbonyl (C=O) groups excluding carboxylic acids is 1. The van der Waals surface area contributed by atoms with Gasteiger partial charge in [0.2, 0.25) is 5.91 Å². The van der Waals surface area contributed by atoms with Gasteiger partial charge in [-0.2, -0.15) is 0 Å². The minimum atomic E-state index is -0.0688. The molecule has 0 aromatic rings. The molecular formula is C32H63NO. The molecule has 0 aromatic carbocycles. The van der Waals surface area contributed by atoms with Crippen LogP contribution in [0.3, 0.4) is 0 Å². The summed E-state index contributed by atoms with van der Waals surface area (Å²) in [6.07, 6.45) is 38.9. The Balaban J connectivity index is 3.47. The molecule has 0 aliphatic heterocycles. The van der Waals surface area contributed by atoms with E-state index in [1.807, 2.05) is 0 Å². The van der Waals surface area contributed by atoms with Gasteiger partial charge in [0, 0.05) is 5.92 Å². The second-order valence-electron chi connectivity index (χ2n) is 10.8. The van der Waals surface area contributed by atoms with E-state index in [2.05, 4.69) is 26.0 Å². The fourth-order valence-corrected chi connectivity index (χ4v) is 4.95. The fourth-order valence-electron chi connectivity index (χ4n) is 4.95. The number of allylic oxidation sites excluding steroid dienone is 2. The van der Waals surface area contributed by atoms with Crippen LogP contribution < -0.4 is 5.73 Å². The van der Waals surface area contributed by atoms with Gasteiger partial charge in [-0.1, -0.05) is 154 Å². The van der Waals surface area contributed by atoms with Crippen molar-refractivity contribution in [3.8, 4) is 0 Å². The third kappa shape index (κ3) is 25.8. The lowest BCUT2D eigenvalue weighted by Gasteiger charge is -2.13. The van der Waals surface area contributed by atoms with Gasteiger partial charge in [-0.3, -0.25) is 4.79 Å². The van der Waals surface area contributed by atoms with E-state index in [-0.39, 0.29) is 11.8 Å². The first-order valence-electron chi connectivity index (χ1n) is 15.7. The normalized spacial score (nSPS) is 12.5. The number of hydrogen-bond acceptors (Lipinski definition) is 1. The topological polar surface area (TPSA) is 43.1 Å². The summed E-state index contributed by atoms with van der Waals surface area (Å²) in [7, 11) is 0. The van der Waals surface area contributed by atoms with Gasteiger partial charge in [-0.15, -0.1) is 0 Å². The number of primary amides is 1. The molecule has 202 valence electrons. The summed E-state index contributed by atoms with van der Waals surface area (Å²) in [5.74, 6) is 0.0426. The zero-order chi connectivity index (χ0) is 25.0. The smallest absolute Gasteiger partial charge is 0.220 e. The van der Waals surface area contributed by atoms with Crippen LogP contribution in [-0.4, -0.2) is 5.91 Å². The van der Waals surface area contributed by atoms with Crippen molar-refractivity contribution in [1.82, 2.24) is 0 Å². The molecule has 0 aliphatic rings. The number of carbonyl (C=O) groups is 1. The van der Waals surface area contributed by atoms with E-state index in [1.54, 1.807) is 0 Å². The van der Waals surface area contributed by atoms with Crippen molar-refractivity contribution >= 4 is 5.91 Å². The lowest BCUT2D eigenvalue weighted by molar-refractivity contribution is -0.122. The predicted molar refractivity (Wildman–Crippen MR) is 153 cm³/mol. The molecule has 1 unspecified atom stereocenters. The van der Waals surface area contributed by atoms with Gasteiger partial charge in [0.1, 0.15) is 0 Å². The molecule has 0 aliphatic carbocycles. The molecule has 2 nitrogen and oxygen atoms in total. The molecule has 1 atom stereocenters. The summed E-state index contributed by atoms with van der Waals surface area (Å²) in [6, 6.07) is 0. The lowest BCUT2D eigenvalue weighted by Crippen LogP contribution is -2.23. The SMILES string of the molecule is CCCCCCCC/C=C\CCCCCCC(CCCCCCCCCCCCCC)C(N)=O. The van der Waals surface area contributed by atoms with E-state index >= 15 is 0 Å². The van der Waals surface area contributed by atoms with Crippen LogP contribution >= 0.6 is 0 Å². The molecule has 2 N–H and O–H groups in total. The van der Waals surface area contributed by atoms with E-state index in [0.29, 0.717) is 0 Å². The van der Waals surface area contributed by atoms with Crippen molar-refractivity contribution in [2.75, 3.05) is 0 Å². The summed E-state index contributed by atoms with van der Waals surface area (Å²) in [5, 5.41) is 0. The van der Waals surface area contributed by atoms with E-state index < -0.39 is 0 Å². The van der Waals surface area contributed by atoms with Crippen molar-refractivity contribution in [2.24, 2.45) is 11.7 Å². The first-order chi connectivity index (χ1) is 16.7. The maximum absolute atomic E-state index is 11.8. The van der Waals surface area contributed by atoms with Gasteiger partial charge in [0.05, 0.1) is 0 Å². The number of nitrogens with two attached hydrogens (primary N) is 1. The van der Waals surface area contributed by atoms with Crippen molar-refractivity contribution < 1.29 is 4.79 Å². The third-order valence-electron chi connectivity index (χ3n) is 7.37. The second-order valence-corrected chi connectivity index (χ2v) is 10.8. The minimum Gasteiger partial charge on any atom is -0.369 e. The van der Waals surface area contributed by atoms with E-state index in [4.69, 9.17) is 5.73 Å².